The second-order valence-electron chi connectivity index (χ2n) is 6.25. The molecule has 0 spiro atoms. The molecule has 0 aliphatic carbocycles. The number of oxazole rings is 1. The fourth-order valence-corrected chi connectivity index (χ4v) is 3.76. The van der Waals surface area contributed by atoms with Crippen molar-refractivity contribution in [3.63, 3.8) is 0 Å². The van der Waals surface area contributed by atoms with E-state index in [0.717, 1.165) is 22.0 Å². The van der Waals surface area contributed by atoms with Gasteiger partial charge in [0.25, 0.3) is 0 Å². The molecule has 3 heterocycles. The smallest absolute Gasteiger partial charge is 0.182 e. The van der Waals surface area contributed by atoms with Gasteiger partial charge in [0.05, 0.1) is 5.52 Å². The highest BCUT2D eigenvalue weighted by Gasteiger charge is 2.18. The maximum absolute atomic E-state index is 5.49. The van der Waals surface area contributed by atoms with Crippen molar-refractivity contribution in [2.75, 3.05) is 0 Å². The first kappa shape index (κ1) is 12.6. The minimum atomic E-state index is 0.828. The fraction of sp³-hybridized carbons (Fsp3) is 0.158. The van der Waals surface area contributed by atoms with Crippen LogP contribution in [0.5, 0.6) is 0 Å². The number of H-pyrrole nitrogens is 1. The number of hydrogen-bond acceptors (Lipinski definition) is 2. The van der Waals surface area contributed by atoms with Crippen LogP contribution in [0, 0.1) is 13.8 Å². The number of pyridine rings is 1. The number of aryl methyl sites for hydroxylation is 3. The maximum atomic E-state index is 5.49. The molecular weight excluding hydrogens is 286 g/mol. The number of nitrogens with one attached hydrogen (secondary N) is 1. The van der Waals surface area contributed by atoms with Gasteiger partial charge in [0.2, 0.25) is 0 Å². The van der Waals surface area contributed by atoms with Gasteiger partial charge in [-0.3, -0.25) is 0 Å². The van der Waals surface area contributed by atoms with Crippen LogP contribution >= 0.6 is 0 Å². The summed E-state index contributed by atoms with van der Waals surface area (Å²) in [6.45, 7) is 4.37. The van der Waals surface area contributed by atoms with Crippen LogP contribution in [0.25, 0.3) is 43.7 Å². The quantitative estimate of drug-likeness (QED) is 0.438. The van der Waals surface area contributed by atoms with E-state index in [4.69, 9.17) is 4.42 Å². The van der Waals surface area contributed by atoms with E-state index in [9.17, 15) is 0 Å². The molecule has 0 bridgehead atoms. The standard InChI is InChI=1S/C19H15N3O/c1-10-13-8-22(3)7-6-12(13)11(2)18-16(10)17-14(21-18)4-5-15-19(17)20-9-23-15/h4-9H,1-3H3/p+1. The monoisotopic (exact) mass is 302 g/mol. The van der Waals surface area contributed by atoms with Crippen molar-refractivity contribution in [2.45, 2.75) is 13.8 Å². The third kappa shape index (κ3) is 1.50. The summed E-state index contributed by atoms with van der Waals surface area (Å²) in [6.07, 6.45) is 5.81. The Morgan fingerprint density at radius 2 is 1.91 bits per heavy atom. The van der Waals surface area contributed by atoms with Crippen LogP contribution < -0.4 is 4.57 Å². The lowest BCUT2D eigenvalue weighted by Gasteiger charge is -2.07. The zero-order valence-electron chi connectivity index (χ0n) is 13.3. The van der Waals surface area contributed by atoms with Gasteiger partial charge in [-0.15, -0.1) is 0 Å². The van der Waals surface area contributed by atoms with Crippen molar-refractivity contribution in [2.24, 2.45) is 7.05 Å². The molecule has 0 aliphatic rings. The highest BCUT2D eigenvalue weighted by atomic mass is 16.3. The van der Waals surface area contributed by atoms with E-state index in [1.54, 1.807) is 0 Å². The molecule has 0 saturated heterocycles. The number of hydrogen-bond donors (Lipinski definition) is 1. The van der Waals surface area contributed by atoms with Crippen molar-refractivity contribution < 1.29 is 8.98 Å². The summed E-state index contributed by atoms with van der Waals surface area (Å²) in [5, 5.41) is 4.97. The number of aromatic nitrogens is 3. The van der Waals surface area contributed by atoms with Gasteiger partial charge >= 0.3 is 0 Å². The van der Waals surface area contributed by atoms with Gasteiger partial charge in [0.1, 0.15) is 12.6 Å². The van der Waals surface area contributed by atoms with Crippen LogP contribution in [-0.4, -0.2) is 9.97 Å². The normalized spacial score (nSPS) is 12.1. The minimum Gasteiger partial charge on any atom is -0.443 e. The molecule has 1 N–H and O–H groups in total. The van der Waals surface area contributed by atoms with Gasteiger partial charge in [-0.2, -0.15) is 0 Å². The van der Waals surface area contributed by atoms with Crippen molar-refractivity contribution in [3.8, 4) is 0 Å². The molecule has 4 nitrogen and oxygen atoms in total. The van der Waals surface area contributed by atoms with E-state index >= 15 is 0 Å². The summed E-state index contributed by atoms with van der Waals surface area (Å²) >= 11 is 0. The van der Waals surface area contributed by atoms with Gasteiger partial charge in [-0.1, -0.05) is 0 Å². The Bertz CT molecular complexity index is 1240. The molecule has 0 unspecified atom stereocenters. The second kappa shape index (κ2) is 4.10. The Hall–Kier alpha value is -2.88. The van der Waals surface area contributed by atoms with Crippen LogP contribution in [0.4, 0.5) is 0 Å². The van der Waals surface area contributed by atoms with E-state index in [0.29, 0.717) is 0 Å². The Morgan fingerprint density at radius 3 is 2.78 bits per heavy atom. The van der Waals surface area contributed by atoms with Gasteiger partial charge in [0.15, 0.2) is 24.4 Å². The van der Waals surface area contributed by atoms with Crippen molar-refractivity contribution in [1.29, 1.82) is 0 Å². The lowest BCUT2D eigenvalue weighted by Crippen LogP contribution is -2.26. The zero-order chi connectivity index (χ0) is 15.7. The molecule has 112 valence electrons. The molecule has 0 amide bonds. The largest absolute Gasteiger partial charge is 0.443 e. The van der Waals surface area contributed by atoms with E-state index in [1.807, 2.05) is 6.07 Å². The molecule has 23 heavy (non-hydrogen) atoms. The Kier molecular flexibility index (Phi) is 2.25. The molecule has 5 rings (SSSR count). The number of rotatable bonds is 0. The summed E-state index contributed by atoms with van der Waals surface area (Å²) in [4.78, 5) is 8.03. The van der Waals surface area contributed by atoms with Gasteiger partial charge < -0.3 is 9.40 Å². The zero-order valence-corrected chi connectivity index (χ0v) is 13.3. The van der Waals surface area contributed by atoms with E-state index in [1.165, 1.54) is 39.2 Å². The topological polar surface area (TPSA) is 45.7 Å². The highest BCUT2D eigenvalue weighted by Crippen LogP contribution is 2.38. The first-order chi connectivity index (χ1) is 11.1. The van der Waals surface area contributed by atoms with Gasteiger partial charge in [-0.05, 0) is 42.5 Å². The van der Waals surface area contributed by atoms with Crippen molar-refractivity contribution in [3.05, 3.63) is 48.1 Å². The first-order valence-electron chi connectivity index (χ1n) is 7.71. The maximum Gasteiger partial charge on any atom is 0.182 e. The number of nitrogens with zero attached hydrogens (tertiary/aromatic N) is 2. The minimum absolute atomic E-state index is 0.828. The van der Waals surface area contributed by atoms with Crippen LogP contribution in [0.3, 0.4) is 0 Å². The Labute approximate surface area is 132 Å². The van der Waals surface area contributed by atoms with Gasteiger partial charge in [0, 0.05) is 27.7 Å². The van der Waals surface area contributed by atoms with Gasteiger partial charge in [-0.25, -0.2) is 9.55 Å². The summed E-state index contributed by atoms with van der Waals surface area (Å²) in [5.41, 5.74) is 6.60. The third-order valence-electron chi connectivity index (χ3n) is 4.92. The molecular formula is C19H16N3O+. The number of benzene rings is 2. The summed E-state index contributed by atoms with van der Waals surface area (Å²) < 4.78 is 7.59. The van der Waals surface area contributed by atoms with Crippen LogP contribution in [-0.2, 0) is 7.05 Å². The molecule has 0 aliphatic heterocycles. The van der Waals surface area contributed by atoms with E-state index in [-0.39, 0.29) is 0 Å². The molecule has 0 fully saturated rings. The SMILES string of the molecule is Cc1c2cc[n+](C)cc2c(C)c2c1[nH]c1ccc3ocnc3c12. The third-order valence-corrected chi connectivity index (χ3v) is 4.92. The molecule has 0 radical (unpaired) electrons. The molecule has 2 aromatic carbocycles. The number of aromatic amines is 1. The molecule has 3 aromatic heterocycles. The Morgan fingerprint density at radius 1 is 1.04 bits per heavy atom. The summed E-state index contributed by atoms with van der Waals surface area (Å²) in [5.74, 6) is 0. The fourth-order valence-electron chi connectivity index (χ4n) is 3.76. The predicted octanol–water partition coefficient (Wildman–Crippen LogP) is 4.06. The summed E-state index contributed by atoms with van der Waals surface area (Å²) in [6, 6.07) is 6.24. The van der Waals surface area contributed by atoms with Crippen LogP contribution in [0.15, 0.2) is 41.4 Å². The molecule has 0 atom stereocenters. The Balaban J connectivity index is 2.16. The average molecular weight is 302 g/mol. The number of fused-ring (bicyclic) bond motifs is 6. The van der Waals surface area contributed by atoms with Crippen molar-refractivity contribution in [1.82, 2.24) is 9.97 Å². The molecule has 4 heteroatoms. The molecule has 5 aromatic rings. The van der Waals surface area contributed by atoms with Crippen LogP contribution in [0.1, 0.15) is 11.1 Å². The highest BCUT2D eigenvalue weighted by molar-refractivity contribution is 6.22. The van der Waals surface area contributed by atoms with Crippen molar-refractivity contribution >= 4 is 43.7 Å². The second-order valence-corrected chi connectivity index (χ2v) is 6.25. The summed E-state index contributed by atoms with van der Waals surface area (Å²) in [7, 11) is 2.06. The lowest BCUT2D eigenvalue weighted by atomic mass is 9.96. The van der Waals surface area contributed by atoms with E-state index in [2.05, 4.69) is 60.0 Å². The lowest BCUT2D eigenvalue weighted by molar-refractivity contribution is -0.670. The van der Waals surface area contributed by atoms with E-state index < -0.39 is 0 Å². The van der Waals surface area contributed by atoms with Crippen LogP contribution in [0.2, 0.25) is 0 Å². The first-order valence-corrected chi connectivity index (χ1v) is 7.71. The average Bonchev–Trinajstić information content (AvgIpc) is 3.16. The molecule has 0 saturated carbocycles. The predicted molar refractivity (Wildman–Crippen MR) is 91.5 cm³/mol.